The Balaban J connectivity index is 3.41. The number of benzene rings is 1. The van der Waals surface area contributed by atoms with E-state index in [1.807, 2.05) is 0 Å². The second kappa shape index (κ2) is 8.51. The Morgan fingerprint density at radius 2 is 1.88 bits per heavy atom. The molecule has 0 fully saturated rings. The second-order valence-electron chi connectivity index (χ2n) is 4.30. The lowest BCUT2D eigenvalue weighted by molar-refractivity contribution is -0.384. The molecule has 0 unspecified atom stereocenters. The van der Waals surface area contributed by atoms with E-state index in [2.05, 4.69) is 35.5 Å². The number of esters is 2. The Labute approximate surface area is 152 Å². The highest BCUT2D eigenvalue weighted by Crippen LogP contribution is 2.39. The van der Waals surface area contributed by atoms with Crippen LogP contribution in [-0.4, -0.2) is 37.4 Å². The highest BCUT2D eigenvalue weighted by Gasteiger charge is 2.33. The van der Waals surface area contributed by atoms with Crippen molar-refractivity contribution in [3.05, 3.63) is 38.5 Å². The molecule has 1 N–H and O–H groups in total. The van der Waals surface area contributed by atoms with Gasteiger partial charge in [-0.05, 0) is 22.0 Å². The lowest BCUT2D eigenvalue weighted by atomic mass is 10.2. The van der Waals surface area contributed by atoms with Gasteiger partial charge in [-0.25, -0.2) is 9.59 Å². The van der Waals surface area contributed by atoms with Crippen LogP contribution in [0.1, 0.15) is 0 Å². The van der Waals surface area contributed by atoms with E-state index >= 15 is 0 Å². The third-order valence-corrected chi connectivity index (χ3v) is 3.23. The molecule has 0 aromatic heterocycles. The number of rotatable bonds is 6. The molecule has 0 aliphatic carbocycles. The quantitative estimate of drug-likeness (QED) is 0.309. The molecule has 0 saturated heterocycles. The fraction of sp³-hybridized carbons (Fsp3) is 0.231. The topological polar surface area (TPSA) is 117 Å². The molecular weight excluding hydrogens is 433 g/mol. The lowest BCUT2D eigenvalue weighted by Crippen LogP contribution is -2.18. The van der Waals surface area contributed by atoms with Gasteiger partial charge in [0.05, 0.1) is 35.8 Å². The maximum Gasteiger partial charge on any atom is 0.573 e. The van der Waals surface area contributed by atoms with E-state index in [1.165, 1.54) is 0 Å². The molecule has 9 nitrogen and oxygen atoms in total. The Morgan fingerprint density at radius 3 is 2.35 bits per heavy atom. The van der Waals surface area contributed by atoms with Crippen molar-refractivity contribution >= 4 is 39.2 Å². The Morgan fingerprint density at radius 1 is 1.27 bits per heavy atom. The summed E-state index contributed by atoms with van der Waals surface area (Å²) in [5.74, 6) is -2.92. The molecule has 0 heterocycles. The number of nitrogens with zero attached hydrogens (tertiary/aromatic N) is 1. The monoisotopic (exact) mass is 442 g/mol. The number of ether oxygens (including phenoxy) is 3. The van der Waals surface area contributed by atoms with Crippen molar-refractivity contribution in [1.82, 2.24) is 0 Å². The van der Waals surface area contributed by atoms with E-state index in [-0.39, 0.29) is 4.47 Å². The summed E-state index contributed by atoms with van der Waals surface area (Å²) in [5, 5.41) is 13.4. The summed E-state index contributed by atoms with van der Waals surface area (Å²) < 4.78 is 49.1. The molecule has 1 aromatic carbocycles. The maximum atomic E-state index is 12.3. The third-order valence-electron chi connectivity index (χ3n) is 2.60. The molecule has 0 amide bonds. The molecule has 13 heteroatoms. The van der Waals surface area contributed by atoms with E-state index in [0.717, 1.165) is 20.3 Å². The molecular formula is C13H10BrF3N2O7. The first-order chi connectivity index (χ1) is 12.0. The zero-order valence-electron chi connectivity index (χ0n) is 13.0. The summed E-state index contributed by atoms with van der Waals surface area (Å²) >= 11 is 2.85. The highest BCUT2D eigenvalue weighted by molar-refractivity contribution is 9.10. The first-order valence-electron chi connectivity index (χ1n) is 6.37. The minimum Gasteiger partial charge on any atom is -0.466 e. The number of nitrogens with one attached hydrogen (secondary N) is 1. The van der Waals surface area contributed by atoms with Crippen LogP contribution in [0, 0.1) is 10.1 Å². The highest BCUT2D eigenvalue weighted by atomic mass is 79.9. The van der Waals surface area contributed by atoms with Crippen molar-refractivity contribution in [1.29, 1.82) is 0 Å². The van der Waals surface area contributed by atoms with Gasteiger partial charge in [-0.1, -0.05) is 0 Å². The minimum atomic E-state index is -5.07. The molecule has 0 aliphatic rings. The molecule has 0 atom stereocenters. The van der Waals surface area contributed by atoms with Crippen molar-refractivity contribution in [2.75, 3.05) is 19.5 Å². The molecule has 0 aliphatic heterocycles. The second-order valence-corrected chi connectivity index (χ2v) is 5.16. The number of anilines is 1. The van der Waals surface area contributed by atoms with Crippen molar-refractivity contribution in [2.24, 2.45) is 0 Å². The zero-order chi connectivity index (χ0) is 20.1. The fourth-order valence-corrected chi connectivity index (χ4v) is 2.12. The Bertz CT molecular complexity index is 765. The molecule has 0 radical (unpaired) electrons. The number of carbonyl (C=O) groups excluding carboxylic acids is 2. The maximum absolute atomic E-state index is 12.3. The summed E-state index contributed by atoms with van der Waals surface area (Å²) in [5.41, 5.74) is -1.82. The van der Waals surface area contributed by atoms with Crippen LogP contribution >= 0.6 is 15.9 Å². The molecule has 0 spiro atoms. The van der Waals surface area contributed by atoms with Crippen LogP contribution in [0.4, 0.5) is 24.5 Å². The van der Waals surface area contributed by atoms with E-state index < -0.39 is 46.0 Å². The van der Waals surface area contributed by atoms with Gasteiger partial charge in [0, 0.05) is 0 Å². The normalized spacial score (nSPS) is 11.5. The van der Waals surface area contributed by atoms with Crippen LogP contribution in [0.3, 0.4) is 0 Å². The van der Waals surface area contributed by atoms with Gasteiger partial charge in [0.15, 0.2) is 0 Å². The predicted molar refractivity (Wildman–Crippen MR) is 83.2 cm³/mol. The third kappa shape index (κ3) is 5.91. The number of halogens is 4. The Kier molecular flexibility index (Phi) is 6.94. The van der Waals surface area contributed by atoms with Crippen LogP contribution in [0.2, 0.25) is 0 Å². The van der Waals surface area contributed by atoms with Gasteiger partial charge < -0.3 is 19.5 Å². The van der Waals surface area contributed by atoms with Crippen molar-refractivity contribution < 1.29 is 41.9 Å². The number of methoxy groups -OCH3 is 2. The first-order valence-corrected chi connectivity index (χ1v) is 7.16. The SMILES string of the molecule is COC(=O)/C=C(/Nc1c(Br)cc(OC(F)(F)F)cc1[N+](=O)[O-])C(=O)OC. The van der Waals surface area contributed by atoms with E-state index in [9.17, 15) is 32.9 Å². The number of nitro groups is 1. The number of nitro benzene ring substituents is 1. The Hall–Kier alpha value is -2.83. The average molecular weight is 443 g/mol. The van der Waals surface area contributed by atoms with Gasteiger partial charge in [0.25, 0.3) is 5.69 Å². The smallest absolute Gasteiger partial charge is 0.466 e. The molecule has 0 saturated carbocycles. The van der Waals surface area contributed by atoms with Gasteiger partial charge in [0.1, 0.15) is 17.1 Å². The zero-order valence-corrected chi connectivity index (χ0v) is 14.6. The molecule has 142 valence electrons. The largest absolute Gasteiger partial charge is 0.573 e. The van der Waals surface area contributed by atoms with Gasteiger partial charge in [-0.2, -0.15) is 0 Å². The summed E-state index contributed by atoms with van der Waals surface area (Å²) in [7, 11) is 2.01. The van der Waals surface area contributed by atoms with Crippen molar-refractivity contribution in [3.8, 4) is 5.75 Å². The summed E-state index contributed by atoms with van der Waals surface area (Å²) in [6.45, 7) is 0. The summed E-state index contributed by atoms with van der Waals surface area (Å²) in [6, 6.07) is 1.28. The molecule has 26 heavy (non-hydrogen) atoms. The van der Waals surface area contributed by atoms with Gasteiger partial charge in [-0.3, -0.25) is 10.1 Å². The van der Waals surface area contributed by atoms with Crippen molar-refractivity contribution in [2.45, 2.75) is 6.36 Å². The van der Waals surface area contributed by atoms with Gasteiger partial charge >= 0.3 is 18.3 Å². The van der Waals surface area contributed by atoms with Crippen LogP contribution < -0.4 is 10.1 Å². The predicted octanol–water partition coefficient (Wildman–Crippen LogP) is 2.90. The molecule has 1 rings (SSSR count). The van der Waals surface area contributed by atoms with Crippen LogP contribution in [-0.2, 0) is 19.1 Å². The number of carbonyl (C=O) groups is 2. The summed E-state index contributed by atoms with van der Waals surface area (Å²) in [4.78, 5) is 33.2. The van der Waals surface area contributed by atoms with Gasteiger partial charge in [-0.15, -0.1) is 13.2 Å². The van der Waals surface area contributed by atoms with Gasteiger partial charge in [0.2, 0.25) is 0 Å². The first kappa shape index (κ1) is 21.2. The molecule has 1 aromatic rings. The number of hydrogen-bond donors (Lipinski definition) is 1. The minimum absolute atomic E-state index is 0.245. The van der Waals surface area contributed by atoms with Crippen molar-refractivity contribution in [3.63, 3.8) is 0 Å². The van der Waals surface area contributed by atoms with Crippen LogP contribution in [0.25, 0.3) is 0 Å². The number of alkyl halides is 3. The number of hydrogen-bond acceptors (Lipinski definition) is 8. The molecule has 0 bridgehead atoms. The fourth-order valence-electron chi connectivity index (χ4n) is 1.60. The average Bonchev–Trinajstić information content (AvgIpc) is 2.53. The summed E-state index contributed by atoms with van der Waals surface area (Å²) in [6.07, 6.45) is -4.41. The lowest BCUT2D eigenvalue weighted by Gasteiger charge is -2.14. The standard InChI is InChI=1S/C13H10BrF3N2O7/c1-24-10(20)5-8(12(21)25-2)18-11-7(14)3-6(26-13(15,16)17)4-9(11)19(22)23/h3-5,18H,1-2H3/b8-5+. The van der Waals surface area contributed by atoms with Crippen LogP contribution in [0.5, 0.6) is 5.75 Å². The van der Waals surface area contributed by atoms with E-state index in [4.69, 9.17) is 0 Å². The van der Waals surface area contributed by atoms with Crippen LogP contribution in [0.15, 0.2) is 28.4 Å². The van der Waals surface area contributed by atoms with E-state index in [0.29, 0.717) is 12.1 Å². The van der Waals surface area contributed by atoms with E-state index in [1.54, 1.807) is 0 Å².